The summed E-state index contributed by atoms with van der Waals surface area (Å²) in [6.45, 7) is 2.03. The Morgan fingerprint density at radius 1 is 1.24 bits per heavy atom. The van der Waals surface area contributed by atoms with Crippen LogP contribution in [0.5, 0.6) is 11.5 Å². The third-order valence-corrected chi connectivity index (χ3v) is 3.07. The highest BCUT2D eigenvalue weighted by Gasteiger charge is 2.22. The fourth-order valence-electron chi connectivity index (χ4n) is 2.06. The lowest BCUT2D eigenvalue weighted by atomic mass is 10.1. The summed E-state index contributed by atoms with van der Waals surface area (Å²) >= 11 is 0. The monoisotopic (exact) mass is 284 g/mol. The normalized spacial score (nSPS) is 12.8. The number of hydrogen-bond acceptors (Lipinski definition) is 5. The van der Waals surface area contributed by atoms with E-state index in [4.69, 9.17) is 9.47 Å². The van der Waals surface area contributed by atoms with E-state index < -0.39 is 4.92 Å². The zero-order valence-corrected chi connectivity index (χ0v) is 11.3. The third kappa shape index (κ3) is 2.69. The van der Waals surface area contributed by atoms with Gasteiger partial charge in [-0.15, -0.1) is 0 Å². The van der Waals surface area contributed by atoms with Crippen LogP contribution >= 0.6 is 0 Å². The summed E-state index contributed by atoms with van der Waals surface area (Å²) in [5.74, 6) is 0.876. The zero-order chi connectivity index (χ0) is 14.8. The molecular weight excluding hydrogens is 272 g/mol. The molecule has 0 unspecified atom stereocenters. The standard InChI is InChI=1S/C15H12N2O4/c1-10-3-2-4-12(5-10)16-8-11-6-14-15(21-9-20-14)7-13(11)17(18)19/h2-8H,9H2,1H3/b16-8+. The van der Waals surface area contributed by atoms with Crippen molar-refractivity contribution in [2.24, 2.45) is 4.99 Å². The van der Waals surface area contributed by atoms with Gasteiger partial charge in [-0.25, -0.2) is 0 Å². The van der Waals surface area contributed by atoms with Gasteiger partial charge < -0.3 is 9.47 Å². The smallest absolute Gasteiger partial charge is 0.282 e. The molecule has 0 amide bonds. The summed E-state index contributed by atoms with van der Waals surface area (Å²) in [6, 6.07) is 10.5. The molecule has 0 saturated carbocycles. The van der Waals surface area contributed by atoms with Crippen molar-refractivity contribution >= 4 is 17.6 Å². The van der Waals surface area contributed by atoms with Crippen LogP contribution in [0.1, 0.15) is 11.1 Å². The van der Waals surface area contributed by atoms with Gasteiger partial charge in [0, 0.05) is 6.21 Å². The van der Waals surface area contributed by atoms with Crippen LogP contribution in [0.4, 0.5) is 11.4 Å². The summed E-state index contributed by atoms with van der Waals surface area (Å²) in [7, 11) is 0. The number of nitro benzene ring substituents is 1. The first-order valence-electron chi connectivity index (χ1n) is 6.32. The molecule has 0 aliphatic carbocycles. The van der Waals surface area contributed by atoms with Gasteiger partial charge >= 0.3 is 0 Å². The predicted molar refractivity (Wildman–Crippen MR) is 77.7 cm³/mol. The van der Waals surface area contributed by atoms with Crippen molar-refractivity contribution in [3.05, 3.63) is 57.6 Å². The fourth-order valence-corrected chi connectivity index (χ4v) is 2.06. The highest BCUT2D eigenvalue weighted by molar-refractivity contribution is 5.88. The number of benzene rings is 2. The molecule has 1 aliphatic rings. The highest BCUT2D eigenvalue weighted by atomic mass is 16.7. The second kappa shape index (κ2) is 5.24. The molecule has 3 rings (SSSR count). The molecule has 1 heterocycles. The Kier molecular flexibility index (Phi) is 3.27. The van der Waals surface area contributed by atoms with E-state index in [1.165, 1.54) is 12.3 Å². The Balaban J connectivity index is 1.99. The van der Waals surface area contributed by atoms with Gasteiger partial charge in [-0.1, -0.05) is 12.1 Å². The van der Waals surface area contributed by atoms with Crippen LogP contribution in [-0.2, 0) is 0 Å². The van der Waals surface area contributed by atoms with E-state index in [1.807, 2.05) is 31.2 Å². The maximum atomic E-state index is 11.1. The van der Waals surface area contributed by atoms with Crippen LogP contribution in [0.25, 0.3) is 0 Å². The van der Waals surface area contributed by atoms with Crippen LogP contribution in [0.3, 0.4) is 0 Å². The van der Waals surface area contributed by atoms with E-state index in [0.717, 1.165) is 11.3 Å². The topological polar surface area (TPSA) is 74.0 Å². The first-order chi connectivity index (χ1) is 10.1. The van der Waals surface area contributed by atoms with Gasteiger partial charge in [0.1, 0.15) is 0 Å². The largest absolute Gasteiger partial charge is 0.454 e. The molecule has 106 valence electrons. The van der Waals surface area contributed by atoms with Crippen LogP contribution < -0.4 is 9.47 Å². The van der Waals surface area contributed by atoms with Crippen LogP contribution in [0, 0.1) is 17.0 Å². The van der Waals surface area contributed by atoms with Crippen molar-refractivity contribution in [3.8, 4) is 11.5 Å². The molecule has 0 spiro atoms. The first-order valence-corrected chi connectivity index (χ1v) is 6.32. The number of aliphatic imine (C=N–C) groups is 1. The van der Waals surface area contributed by atoms with E-state index in [9.17, 15) is 10.1 Å². The SMILES string of the molecule is Cc1cccc(/N=C/c2cc3c(cc2[N+](=O)[O-])OCO3)c1. The first kappa shape index (κ1) is 13.1. The lowest BCUT2D eigenvalue weighted by molar-refractivity contribution is -0.385. The average Bonchev–Trinajstić information content (AvgIpc) is 2.91. The summed E-state index contributed by atoms with van der Waals surface area (Å²) in [5, 5.41) is 11.1. The fraction of sp³-hybridized carbons (Fsp3) is 0.133. The van der Waals surface area contributed by atoms with Crippen LogP contribution in [-0.4, -0.2) is 17.9 Å². The van der Waals surface area contributed by atoms with Crippen molar-refractivity contribution < 1.29 is 14.4 Å². The van der Waals surface area contributed by atoms with Crippen molar-refractivity contribution in [2.75, 3.05) is 6.79 Å². The number of nitrogens with zero attached hydrogens (tertiary/aromatic N) is 2. The minimum absolute atomic E-state index is 0.0596. The molecule has 0 atom stereocenters. The molecule has 6 heteroatoms. The number of fused-ring (bicyclic) bond motifs is 1. The molecule has 21 heavy (non-hydrogen) atoms. The summed E-state index contributed by atoms with van der Waals surface area (Å²) in [6.07, 6.45) is 1.47. The Morgan fingerprint density at radius 3 is 2.71 bits per heavy atom. The Labute approximate surface area is 120 Å². The molecule has 0 radical (unpaired) electrons. The minimum atomic E-state index is -0.459. The predicted octanol–water partition coefficient (Wildman–Crippen LogP) is 3.38. The molecule has 0 aromatic heterocycles. The Hall–Kier alpha value is -2.89. The maximum Gasteiger partial charge on any atom is 0.282 e. The van der Waals surface area contributed by atoms with Crippen LogP contribution in [0.2, 0.25) is 0 Å². The third-order valence-electron chi connectivity index (χ3n) is 3.07. The van der Waals surface area contributed by atoms with E-state index in [2.05, 4.69) is 4.99 Å². The molecule has 2 aromatic rings. The van der Waals surface area contributed by atoms with Crippen molar-refractivity contribution in [1.82, 2.24) is 0 Å². The number of nitro groups is 1. The second-order valence-electron chi connectivity index (χ2n) is 4.62. The Bertz CT molecular complexity index is 740. The molecule has 0 saturated heterocycles. The number of ether oxygens (including phenoxy) is 2. The molecule has 0 N–H and O–H groups in total. The number of hydrogen-bond donors (Lipinski definition) is 0. The quantitative estimate of drug-likeness (QED) is 0.492. The van der Waals surface area contributed by atoms with Gasteiger partial charge in [-0.05, 0) is 30.7 Å². The van der Waals surface area contributed by atoms with E-state index in [-0.39, 0.29) is 12.5 Å². The van der Waals surface area contributed by atoms with Crippen molar-refractivity contribution in [1.29, 1.82) is 0 Å². The molecule has 2 aromatic carbocycles. The van der Waals surface area contributed by atoms with Gasteiger partial charge in [0.15, 0.2) is 11.5 Å². The highest BCUT2D eigenvalue weighted by Crippen LogP contribution is 2.37. The van der Waals surface area contributed by atoms with Crippen molar-refractivity contribution in [3.63, 3.8) is 0 Å². The molecular formula is C15H12N2O4. The molecule has 1 aliphatic heterocycles. The number of rotatable bonds is 3. The van der Waals surface area contributed by atoms with E-state index in [0.29, 0.717) is 17.1 Å². The van der Waals surface area contributed by atoms with Crippen molar-refractivity contribution in [2.45, 2.75) is 6.92 Å². The van der Waals surface area contributed by atoms with Gasteiger partial charge in [0.2, 0.25) is 6.79 Å². The van der Waals surface area contributed by atoms with E-state index >= 15 is 0 Å². The van der Waals surface area contributed by atoms with E-state index in [1.54, 1.807) is 6.07 Å². The second-order valence-corrected chi connectivity index (χ2v) is 4.62. The summed E-state index contributed by atoms with van der Waals surface area (Å²) in [5.41, 5.74) is 2.13. The molecule has 0 fully saturated rings. The lowest BCUT2D eigenvalue weighted by Gasteiger charge is -2.01. The van der Waals surface area contributed by atoms with Crippen LogP contribution in [0.15, 0.2) is 41.4 Å². The van der Waals surface area contributed by atoms with Gasteiger partial charge in [-0.2, -0.15) is 0 Å². The van der Waals surface area contributed by atoms with Gasteiger partial charge in [0.05, 0.1) is 22.2 Å². The summed E-state index contributed by atoms with van der Waals surface area (Å²) in [4.78, 5) is 15.0. The van der Waals surface area contributed by atoms with Gasteiger partial charge in [-0.3, -0.25) is 15.1 Å². The maximum absolute atomic E-state index is 11.1. The van der Waals surface area contributed by atoms with Gasteiger partial charge in [0.25, 0.3) is 5.69 Å². The lowest BCUT2D eigenvalue weighted by Crippen LogP contribution is -1.94. The molecule has 0 bridgehead atoms. The average molecular weight is 284 g/mol. The zero-order valence-electron chi connectivity index (χ0n) is 11.3. The number of aryl methyl sites for hydroxylation is 1. The molecule has 6 nitrogen and oxygen atoms in total. The minimum Gasteiger partial charge on any atom is -0.454 e. The Morgan fingerprint density at radius 2 is 2.00 bits per heavy atom. The summed E-state index contributed by atoms with van der Waals surface area (Å²) < 4.78 is 10.4.